The average molecular weight is 268 g/mol. The van der Waals surface area contributed by atoms with Crippen LogP contribution in [0, 0.1) is 6.92 Å². The highest BCUT2D eigenvalue weighted by Gasteiger charge is 2.07. The second-order valence-corrected chi connectivity index (χ2v) is 4.30. The van der Waals surface area contributed by atoms with Gasteiger partial charge >= 0.3 is 0 Å². The van der Waals surface area contributed by atoms with Crippen LogP contribution in [-0.2, 0) is 0 Å². The van der Waals surface area contributed by atoms with Crippen molar-refractivity contribution in [2.45, 2.75) is 6.92 Å². The van der Waals surface area contributed by atoms with E-state index < -0.39 is 0 Å². The van der Waals surface area contributed by atoms with Gasteiger partial charge in [-0.25, -0.2) is 0 Å². The number of carbonyl (C=O) groups excluding carboxylic acids is 1. The zero-order valence-corrected chi connectivity index (χ0v) is 11.3. The van der Waals surface area contributed by atoms with Gasteiger partial charge in [0.05, 0.1) is 0 Å². The van der Waals surface area contributed by atoms with Crippen LogP contribution in [0.2, 0.25) is 0 Å². The van der Waals surface area contributed by atoms with E-state index in [1.165, 1.54) is 0 Å². The van der Waals surface area contributed by atoms with Crippen molar-refractivity contribution in [1.82, 2.24) is 10.2 Å². The molecule has 1 aromatic carbocycles. The molecule has 2 aromatic rings. The predicted octanol–water partition coefficient (Wildman–Crippen LogP) is 2.64. The van der Waals surface area contributed by atoms with E-state index in [0.29, 0.717) is 23.7 Å². The first-order valence-electron chi connectivity index (χ1n) is 6.25. The summed E-state index contributed by atoms with van der Waals surface area (Å²) in [6, 6.07) is 10.8. The molecule has 0 radical (unpaired) electrons. The highest BCUT2D eigenvalue weighted by atomic mass is 16.1. The summed E-state index contributed by atoms with van der Waals surface area (Å²) in [4.78, 5) is 12.0. The number of nitrogens with one attached hydrogen (secondary N) is 2. The first-order chi connectivity index (χ1) is 9.69. The van der Waals surface area contributed by atoms with Crippen molar-refractivity contribution in [2.24, 2.45) is 0 Å². The fourth-order valence-corrected chi connectivity index (χ4v) is 1.64. The molecule has 0 fully saturated rings. The molecule has 1 aromatic heterocycles. The zero-order valence-electron chi connectivity index (χ0n) is 11.3. The third-order valence-electron chi connectivity index (χ3n) is 2.61. The molecular weight excluding hydrogens is 252 g/mol. The Morgan fingerprint density at radius 2 is 2.00 bits per heavy atom. The highest BCUT2D eigenvalue weighted by Crippen LogP contribution is 2.09. The Balaban J connectivity index is 2.02. The molecule has 0 saturated carbocycles. The van der Waals surface area contributed by atoms with Gasteiger partial charge in [0.15, 0.2) is 5.82 Å². The third kappa shape index (κ3) is 3.65. The minimum Gasteiger partial charge on any atom is -0.365 e. The zero-order chi connectivity index (χ0) is 14.4. The quantitative estimate of drug-likeness (QED) is 0.818. The Bertz CT molecular complexity index is 608. The molecule has 5 heteroatoms. The molecule has 2 N–H and O–H groups in total. The SMILES string of the molecule is C=CCNc1ccc(NC(=O)c2cccc(C)c2)nn1. The molecule has 102 valence electrons. The summed E-state index contributed by atoms with van der Waals surface area (Å²) in [6.45, 7) is 6.16. The maximum absolute atomic E-state index is 12.0. The lowest BCUT2D eigenvalue weighted by molar-refractivity contribution is 0.102. The number of aryl methyl sites for hydroxylation is 1. The number of anilines is 2. The molecule has 0 unspecified atom stereocenters. The molecule has 0 saturated heterocycles. The van der Waals surface area contributed by atoms with Gasteiger partial charge in [0.2, 0.25) is 0 Å². The minimum atomic E-state index is -0.199. The summed E-state index contributed by atoms with van der Waals surface area (Å²) in [5.41, 5.74) is 1.63. The largest absolute Gasteiger partial charge is 0.365 e. The van der Waals surface area contributed by atoms with E-state index in [1.54, 1.807) is 24.3 Å². The standard InChI is InChI=1S/C15H16N4O/c1-3-9-16-13-7-8-14(19-18-13)17-15(20)12-6-4-5-11(2)10-12/h3-8,10H,1,9H2,2H3,(H,16,18)(H,17,19,20). The summed E-state index contributed by atoms with van der Waals surface area (Å²) in [5.74, 6) is 0.855. The number of aromatic nitrogens is 2. The van der Waals surface area contributed by atoms with Gasteiger partial charge in [-0.05, 0) is 31.2 Å². The lowest BCUT2D eigenvalue weighted by atomic mass is 10.1. The van der Waals surface area contributed by atoms with Crippen LogP contribution in [0.5, 0.6) is 0 Å². The van der Waals surface area contributed by atoms with Gasteiger partial charge < -0.3 is 10.6 Å². The monoisotopic (exact) mass is 268 g/mol. The summed E-state index contributed by atoms with van der Waals surface area (Å²) in [7, 11) is 0. The fourth-order valence-electron chi connectivity index (χ4n) is 1.64. The van der Waals surface area contributed by atoms with Crippen molar-refractivity contribution in [2.75, 3.05) is 17.2 Å². The number of carbonyl (C=O) groups is 1. The average Bonchev–Trinajstić information content (AvgIpc) is 2.46. The van der Waals surface area contributed by atoms with Crippen molar-refractivity contribution < 1.29 is 4.79 Å². The summed E-state index contributed by atoms with van der Waals surface area (Å²) in [5, 5.41) is 13.6. The maximum atomic E-state index is 12.0. The van der Waals surface area contributed by atoms with Crippen LogP contribution in [0.25, 0.3) is 0 Å². The molecule has 0 aliphatic heterocycles. The number of hydrogen-bond donors (Lipinski definition) is 2. The van der Waals surface area contributed by atoms with Gasteiger partial charge in [-0.15, -0.1) is 16.8 Å². The number of benzene rings is 1. The van der Waals surface area contributed by atoms with Crippen molar-refractivity contribution >= 4 is 17.5 Å². The molecule has 0 aliphatic carbocycles. The number of rotatable bonds is 5. The van der Waals surface area contributed by atoms with Gasteiger partial charge in [0, 0.05) is 12.1 Å². The first kappa shape index (κ1) is 13.7. The second kappa shape index (κ2) is 6.47. The number of amides is 1. The molecule has 20 heavy (non-hydrogen) atoms. The van der Waals surface area contributed by atoms with E-state index in [4.69, 9.17) is 0 Å². The van der Waals surface area contributed by atoms with Crippen LogP contribution in [0.3, 0.4) is 0 Å². The summed E-state index contributed by atoms with van der Waals surface area (Å²) >= 11 is 0. The molecule has 1 heterocycles. The number of hydrogen-bond acceptors (Lipinski definition) is 4. The molecule has 2 rings (SSSR count). The van der Waals surface area contributed by atoms with E-state index in [2.05, 4.69) is 27.4 Å². The van der Waals surface area contributed by atoms with Crippen LogP contribution in [0.4, 0.5) is 11.6 Å². The maximum Gasteiger partial charge on any atom is 0.256 e. The molecule has 0 atom stereocenters. The first-order valence-corrected chi connectivity index (χ1v) is 6.25. The molecule has 0 bridgehead atoms. The van der Waals surface area contributed by atoms with Crippen LogP contribution >= 0.6 is 0 Å². The molecule has 1 amide bonds. The summed E-state index contributed by atoms with van der Waals surface area (Å²) < 4.78 is 0. The van der Waals surface area contributed by atoms with Crippen molar-refractivity contribution in [3.05, 3.63) is 60.2 Å². The van der Waals surface area contributed by atoms with Crippen LogP contribution in [0.15, 0.2) is 49.1 Å². The van der Waals surface area contributed by atoms with Gasteiger partial charge in [-0.2, -0.15) is 0 Å². The Morgan fingerprint density at radius 1 is 1.25 bits per heavy atom. The fraction of sp³-hybridized carbons (Fsp3) is 0.133. The molecule has 0 aliphatic rings. The number of nitrogens with zero attached hydrogens (tertiary/aromatic N) is 2. The van der Waals surface area contributed by atoms with Crippen LogP contribution < -0.4 is 10.6 Å². The van der Waals surface area contributed by atoms with Crippen molar-refractivity contribution in [1.29, 1.82) is 0 Å². The Labute approximate surface area is 117 Å². The predicted molar refractivity (Wildman–Crippen MR) is 79.9 cm³/mol. The highest BCUT2D eigenvalue weighted by molar-refractivity contribution is 6.03. The van der Waals surface area contributed by atoms with Crippen LogP contribution in [0.1, 0.15) is 15.9 Å². The van der Waals surface area contributed by atoms with Gasteiger partial charge in [-0.1, -0.05) is 23.8 Å². The van der Waals surface area contributed by atoms with E-state index >= 15 is 0 Å². The summed E-state index contributed by atoms with van der Waals surface area (Å²) in [6.07, 6.45) is 1.73. The third-order valence-corrected chi connectivity index (χ3v) is 2.61. The van der Waals surface area contributed by atoms with E-state index in [-0.39, 0.29) is 5.91 Å². The van der Waals surface area contributed by atoms with Gasteiger partial charge in [-0.3, -0.25) is 4.79 Å². The Kier molecular flexibility index (Phi) is 4.44. The Hall–Kier alpha value is -2.69. The van der Waals surface area contributed by atoms with E-state index in [0.717, 1.165) is 5.56 Å². The van der Waals surface area contributed by atoms with E-state index in [9.17, 15) is 4.79 Å². The lowest BCUT2D eigenvalue weighted by Gasteiger charge is -2.06. The van der Waals surface area contributed by atoms with Crippen molar-refractivity contribution in [3.8, 4) is 0 Å². The topological polar surface area (TPSA) is 66.9 Å². The minimum absolute atomic E-state index is 0.199. The lowest BCUT2D eigenvalue weighted by Crippen LogP contribution is -2.13. The Morgan fingerprint density at radius 3 is 2.65 bits per heavy atom. The van der Waals surface area contributed by atoms with Gasteiger partial charge in [0.1, 0.15) is 5.82 Å². The second-order valence-electron chi connectivity index (χ2n) is 4.30. The molecule has 0 spiro atoms. The normalized spacial score (nSPS) is 9.85. The van der Waals surface area contributed by atoms with Crippen LogP contribution in [-0.4, -0.2) is 22.6 Å². The van der Waals surface area contributed by atoms with Gasteiger partial charge in [0.25, 0.3) is 5.91 Å². The molecule has 5 nitrogen and oxygen atoms in total. The molecular formula is C15H16N4O. The van der Waals surface area contributed by atoms with E-state index in [1.807, 2.05) is 25.1 Å². The van der Waals surface area contributed by atoms with Crippen molar-refractivity contribution in [3.63, 3.8) is 0 Å². The smallest absolute Gasteiger partial charge is 0.256 e.